The number of aromatic amines is 1. The van der Waals surface area contributed by atoms with Gasteiger partial charge in [0, 0.05) is 35.4 Å². The van der Waals surface area contributed by atoms with Crippen molar-refractivity contribution in [2.75, 3.05) is 0 Å². The van der Waals surface area contributed by atoms with Crippen molar-refractivity contribution in [2.24, 2.45) is 0 Å². The maximum Gasteiger partial charge on any atom is 0.267 e. The third-order valence-electron chi connectivity index (χ3n) is 4.42. The maximum absolute atomic E-state index is 13.0. The Kier molecular flexibility index (Phi) is 3.73. The van der Waals surface area contributed by atoms with Crippen LogP contribution < -0.4 is 0 Å². The van der Waals surface area contributed by atoms with Crippen LogP contribution in [0.3, 0.4) is 0 Å². The van der Waals surface area contributed by atoms with Crippen molar-refractivity contribution in [3.63, 3.8) is 0 Å². The Balaban J connectivity index is 1.74. The summed E-state index contributed by atoms with van der Waals surface area (Å²) >= 11 is 0. The minimum absolute atomic E-state index is 0.300. The van der Waals surface area contributed by atoms with Gasteiger partial charge in [-0.1, -0.05) is 35.9 Å². The molecule has 126 valence electrons. The summed E-state index contributed by atoms with van der Waals surface area (Å²) < 4.78 is 27.3. The third-order valence-corrected chi connectivity index (χ3v) is 6.16. The predicted octanol–water partition coefficient (Wildman–Crippen LogP) is 4.11. The molecule has 0 saturated carbocycles. The standard InChI is InChI=1S/C20H18N2O2S/c1-15-8-10-18(11-9-15)25(23,24)22-12-4-5-17(22)13-16-14-21-20-7-3-2-6-19(16)20/h2-12,14,21H,13H2,1H3. The summed E-state index contributed by atoms with van der Waals surface area (Å²) in [4.78, 5) is 3.54. The molecule has 0 atom stereocenters. The first kappa shape index (κ1) is 15.7. The molecule has 2 heterocycles. The van der Waals surface area contributed by atoms with Crippen molar-refractivity contribution in [3.8, 4) is 0 Å². The van der Waals surface area contributed by atoms with Crippen LogP contribution in [0.4, 0.5) is 0 Å². The van der Waals surface area contributed by atoms with Crippen molar-refractivity contribution in [1.29, 1.82) is 0 Å². The number of aromatic nitrogens is 2. The fourth-order valence-corrected chi connectivity index (χ4v) is 4.44. The number of fused-ring (bicyclic) bond motifs is 1. The normalized spacial score (nSPS) is 11.9. The predicted molar refractivity (Wildman–Crippen MR) is 99.3 cm³/mol. The number of hydrogen-bond acceptors (Lipinski definition) is 2. The van der Waals surface area contributed by atoms with Gasteiger partial charge in [-0.05, 0) is 42.8 Å². The molecule has 0 spiro atoms. The van der Waals surface area contributed by atoms with Crippen LogP contribution in [0, 0.1) is 6.92 Å². The highest BCUT2D eigenvalue weighted by Gasteiger charge is 2.19. The Labute approximate surface area is 146 Å². The highest BCUT2D eigenvalue weighted by molar-refractivity contribution is 7.90. The van der Waals surface area contributed by atoms with E-state index >= 15 is 0 Å². The number of benzene rings is 2. The number of nitrogens with one attached hydrogen (secondary N) is 1. The molecular formula is C20H18N2O2S. The lowest BCUT2D eigenvalue weighted by molar-refractivity contribution is 0.585. The quantitative estimate of drug-likeness (QED) is 0.602. The average molecular weight is 350 g/mol. The van der Waals surface area contributed by atoms with Gasteiger partial charge in [-0.15, -0.1) is 0 Å². The van der Waals surface area contributed by atoms with Crippen molar-refractivity contribution >= 4 is 20.9 Å². The first-order valence-corrected chi connectivity index (χ1v) is 9.53. The molecule has 2 aromatic carbocycles. The molecule has 4 rings (SSSR count). The topological polar surface area (TPSA) is 54.9 Å². The van der Waals surface area contributed by atoms with Crippen molar-refractivity contribution in [1.82, 2.24) is 8.96 Å². The minimum Gasteiger partial charge on any atom is -0.361 e. The smallest absolute Gasteiger partial charge is 0.267 e. The monoisotopic (exact) mass is 350 g/mol. The molecular weight excluding hydrogens is 332 g/mol. The summed E-state index contributed by atoms with van der Waals surface area (Å²) in [7, 11) is -3.59. The lowest BCUT2D eigenvalue weighted by Crippen LogP contribution is -2.15. The van der Waals surface area contributed by atoms with Gasteiger partial charge >= 0.3 is 0 Å². The Morgan fingerprint density at radius 2 is 1.72 bits per heavy atom. The zero-order valence-corrected chi connectivity index (χ0v) is 14.6. The first-order valence-electron chi connectivity index (χ1n) is 8.09. The summed E-state index contributed by atoms with van der Waals surface area (Å²) in [6, 6.07) is 18.6. The fraction of sp³-hybridized carbons (Fsp3) is 0.100. The van der Waals surface area contributed by atoms with Gasteiger partial charge in [0.25, 0.3) is 10.0 Å². The molecule has 0 aliphatic heterocycles. The molecule has 4 aromatic rings. The number of rotatable bonds is 4. The van der Waals surface area contributed by atoms with Crippen LogP contribution in [0.1, 0.15) is 16.8 Å². The molecule has 0 unspecified atom stereocenters. The van der Waals surface area contributed by atoms with Crippen LogP contribution in [0.5, 0.6) is 0 Å². The van der Waals surface area contributed by atoms with Gasteiger partial charge < -0.3 is 4.98 Å². The van der Waals surface area contributed by atoms with Crippen LogP contribution in [0.25, 0.3) is 10.9 Å². The van der Waals surface area contributed by atoms with Gasteiger partial charge in [-0.25, -0.2) is 12.4 Å². The van der Waals surface area contributed by atoms with Gasteiger partial charge in [0.2, 0.25) is 0 Å². The molecule has 2 aromatic heterocycles. The van der Waals surface area contributed by atoms with Crippen molar-refractivity contribution < 1.29 is 8.42 Å². The van der Waals surface area contributed by atoms with Crippen LogP contribution >= 0.6 is 0 Å². The first-order chi connectivity index (χ1) is 12.1. The Hall–Kier alpha value is -2.79. The van der Waals surface area contributed by atoms with E-state index in [2.05, 4.69) is 4.98 Å². The SMILES string of the molecule is Cc1ccc(S(=O)(=O)n2cccc2Cc2c[nH]c3ccccc23)cc1. The zero-order chi connectivity index (χ0) is 17.4. The zero-order valence-electron chi connectivity index (χ0n) is 13.8. The lowest BCUT2D eigenvalue weighted by Gasteiger charge is -2.11. The van der Waals surface area contributed by atoms with Crippen LogP contribution in [0.15, 0.2) is 78.0 Å². The lowest BCUT2D eigenvalue weighted by atomic mass is 10.1. The van der Waals surface area contributed by atoms with E-state index in [1.54, 1.807) is 24.4 Å². The van der Waals surface area contributed by atoms with E-state index in [0.717, 1.165) is 27.7 Å². The molecule has 0 aliphatic carbocycles. The molecule has 0 saturated heterocycles. The molecule has 0 radical (unpaired) electrons. The second kappa shape index (κ2) is 5.93. The summed E-state index contributed by atoms with van der Waals surface area (Å²) in [5.74, 6) is 0. The Morgan fingerprint density at radius 3 is 2.52 bits per heavy atom. The van der Waals surface area contributed by atoms with Crippen LogP contribution in [-0.4, -0.2) is 17.4 Å². The molecule has 0 bridgehead atoms. The van der Waals surface area contributed by atoms with Crippen molar-refractivity contribution in [3.05, 3.63) is 89.9 Å². The van der Waals surface area contributed by atoms with E-state index in [9.17, 15) is 8.42 Å². The van der Waals surface area contributed by atoms with Crippen LogP contribution in [0.2, 0.25) is 0 Å². The molecule has 0 amide bonds. The number of H-pyrrole nitrogens is 1. The van der Waals surface area contributed by atoms with E-state index in [-0.39, 0.29) is 0 Å². The molecule has 4 nitrogen and oxygen atoms in total. The molecule has 0 fully saturated rings. The Morgan fingerprint density at radius 1 is 0.960 bits per heavy atom. The van der Waals surface area contributed by atoms with Gasteiger partial charge in [0.05, 0.1) is 4.90 Å². The van der Waals surface area contributed by atoms with Gasteiger partial charge in [0.15, 0.2) is 0 Å². The summed E-state index contributed by atoms with van der Waals surface area (Å²) in [5.41, 5.74) is 3.91. The van der Waals surface area contributed by atoms with Gasteiger partial charge in [-0.3, -0.25) is 0 Å². The number of aryl methyl sites for hydroxylation is 1. The average Bonchev–Trinajstić information content (AvgIpc) is 3.24. The largest absolute Gasteiger partial charge is 0.361 e. The molecule has 25 heavy (non-hydrogen) atoms. The number of nitrogens with zero attached hydrogens (tertiary/aromatic N) is 1. The number of para-hydroxylation sites is 1. The molecule has 5 heteroatoms. The van der Waals surface area contributed by atoms with Gasteiger partial charge in [-0.2, -0.15) is 0 Å². The van der Waals surface area contributed by atoms with E-state index < -0.39 is 10.0 Å². The van der Waals surface area contributed by atoms with E-state index in [1.807, 2.05) is 55.6 Å². The molecule has 1 N–H and O–H groups in total. The highest BCUT2D eigenvalue weighted by Crippen LogP contribution is 2.23. The van der Waals surface area contributed by atoms with E-state index in [0.29, 0.717) is 11.3 Å². The summed E-state index contributed by atoms with van der Waals surface area (Å²) in [6.45, 7) is 1.94. The van der Waals surface area contributed by atoms with Crippen LogP contribution in [-0.2, 0) is 16.4 Å². The van der Waals surface area contributed by atoms with E-state index in [1.165, 1.54) is 3.97 Å². The summed E-state index contributed by atoms with van der Waals surface area (Å²) in [6.07, 6.45) is 4.10. The fourth-order valence-electron chi connectivity index (χ4n) is 3.07. The minimum atomic E-state index is -3.59. The summed E-state index contributed by atoms with van der Waals surface area (Å²) in [5, 5.41) is 1.11. The molecule has 0 aliphatic rings. The third kappa shape index (κ3) is 2.76. The van der Waals surface area contributed by atoms with Gasteiger partial charge in [0.1, 0.15) is 0 Å². The Bertz CT molecular complexity index is 1140. The number of hydrogen-bond donors (Lipinski definition) is 1. The highest BCUT2D eigenvalue weighted by atomic mass is 32.2. The maximum atomic E-state index is 13.0. The second-order valence-corrected chi connectivity index (χ2v) is 7.96. The van der Waals surface area contributed by atoms with Crippen molar-refractivity contribution in [2.45, 2.75) is 18.2 Å². The second-order valence-electron chi connectivity index (χ2n) is 6.15. The van der Waals surface area contributed by atoms with E-state index in [4.69, 9.17) is 0 Å².